The average molecular weight is 190 g/mol. The quantitative estimate of drug-likeness (QED) is 0.794. The summed E-state index contributed by atoms with van der Waals surface area (Å²) in [6.45, 7) is 0. The van der Waals surface area contributed by atoms with Crippen molar-refractivity contribution in [3.05, 3.63) is 36.4 Å². The van der Waals surface area contributed by atoms with Crippen LogP contribution in [0.25, 0.3) is 5.52 Å². The highest BCUT2D eigenvalue weighted by Gasteiger charge is 2.00. The van der Waals surface area contributed by atoms with E-state index in [-0.39, 0.29) is 6.42 Å². The van der Waals surface area contributed by atoms with Gasteiger partial charge in [-0.1, -0.05) is 6.07 Å². The molecule has 2 aromatic rings. The molecule has 72 valence electrons. The summed E-state index contributed by atoms with van der Waals surface area (Å²) in [6, 6.07) is 3.87. The van der Waals surface area contributed by atoms with Crippen molar-refractivity contribution in [2.45, 2.75) is 12.8 Å². The van der Waals surface area contributed by atoms with Crippen LogP contribution in [0.4, 0.5) is 0 Å². The van der Waals surface area contributed by atoms with E-state index < -0.39 is 5.97 Å². The molecule has 0 aliphatic heterocycles. The number of carboxylic acids is 1. The summed E-state index contributed by atoms with van der Waals surface area (Å²) in [7, 11) is 0. The molecule has 0 aliphatic rings. The van der Waals surface area contributed by atoms with Crippen molar-refractivity contribution >= 4 is 11.5 Å². The number of hydrogen-bond acceptors (Lipinski definition) is 2. The van der Waals surface area contributed by atoms with E-state index in [1.54, 1.807) is 12.5 Å². The zero-order valence-electron chi connectivity index (χ0n) is 7.55. The molecule has 0 aromatic carbocycles. The van der Waals surface area contributed by atoms with Crippen LogP contribution in [0.15, 0.2) is 30.9 Å². The fourth-order valence-corrected chi connectivity index (χ4v) is 1.37. The molecular formula is C10H10N2O2. The first-order chi connectivity index (χ1) is 6.75. The molecule has 0 aliphatic carbocycles. The summed E-state index contributed by atoms with van der Waals surface area (Å²) in [5.74, 6) is -0.768. The van der Waals surface area contributed by atoms with E-state index >= 15 is 0 Å². The van der Waals surface area contributed by atoms with Crippen molar-refractivity contribution in [3.63, 3.8) is 0 Å². The lowest BCUT2D eigenvalue weighted by Crippen LogP contribution is -1.98. The summed E-state index contributed by atoms with van der Waals surface area (Å²) in [6.07, 6.45) is 6.11. The highest BCUT2D eigenvalue weighted by molar-refractivity contribution is 5.67. The Bertz CT molecular complexity index is 462. The smallest absolute Gasteiger partial charge is 0.303 e. The second-order valence-corrected chi connectivity index (χ2v) is 3.16. The lowest BCUT2D eigenvalue weighted by Gasteiger charge is -1.99. The molecule has 4 nitrogen and oxygen atoms in total. The molecule has 2 aromatic heterocycles. The van der Waals surface area contributed by atoms with Gasteiger partial charge in [0.15, 0.2) is 0 Å². The molecule has 0 unspecified atom stereocenters. The molecule has 0 amide bonds. The van der Waals surface area contributed by atoms with Crippen LogP contribution in [-0.4, -0.2) is 20.5 Å². The predicted molar refractivity (Wildman–Crippen MR) is 51.1 cm³/mol. The van der Waals surface area contributed by atoms with Crippen molar-refractivity contribution in [2.75, 3.05) is 0 Å². The van der Waals surface area contributed by atoms with Gasteiger partial charge in [0, 0.05) is 12.6 Å². The number of pyridine rings is 1. The topological polar surface area (TPSA) is 54.6 Å². The Morgan fingerprint density at radius 3 is 3.14 bits per heavy atom. The van der Waals surface area contributed by atoms with Crippen LogP contribution >= 0.6 is 0 Å². The van der Waals surface area contributed by atoms with Gasteiger partial charge in [-0.25, -0.2) is 4.98 Å². The molecule has 2 heterocycles. The third-order valence-corrected chi connectivity index (χ3v) is 2.10. The number of fused-ring (bicyclic) bond motifs is 1. The summed E-state index contributed by atoms with van der Waals surface area (Å²) in [4.78, 5) is 14.4. The molecule has 0 fully saturated rings. The van der Waals surface area contributed by atoms with Crippen LogP contribution in [0.5, 0.6) is 0 Å². The van der Waals surface area contributed by atoms with Crippen LogP contribution in [0.2, 0.25) is 0 Å². The Balaban J connectivity index is 2.21. The van der Waals surface area contributed by atoms with Gasteiger partial charge in [0.1, 0.15) is 0 Å². The minimum atomic E-state index is -0.768. The van der Waals surface area contributed by atoms with Gasteiger partial charge in [-0.3, -0.25) is 4.79 Å². The van der Waals surface area contributed by atoms with E-state index in [1.807, 2.05) is 22.7 Å². The van der Waals surface area contributed by atoms with E-state index in [0.29, 0.717) is 6.42 Å². The van der Waals surface area contributed by atoms with Crippen LogP contribution in [0, 0.1) is 0 Å². The zero-order valence-corrected chi connectivity index (χ0v) is 7.55. The maximum absolute atomic E-state index is 10.4. The molecular weight excluding hydrogens is 180 g/mol. The lowest BCUT2D eigenvalue weighted by molar-refractivity contribution is -0.136. The molecule has 0 saturated heterocycles. The molecule has 4 heteroatoms. The number of aryl methyl sites for hydroxylation is 1. The Kier molecular flexibility index (Phi) is 2.18. The molecule has 2 rings (SSSR count). The molecule has 1 N–H and O–H groups in total. The minimum Gasteiger partial charge on any atom is -0.481 e. The highest BCUT2D eigenvalue weighted by atomic mass is 16.4. The summed E-state index contributed by atoms with van der Waals surface area (Å²) in [5, 5.41) is 8.53. The maximum atomic E-state index is 10.4. The van der Waals surface area contributed by atoms with E-state index in [2.05, 4.69) is 4.98 Å². The van der Waals surface area contributed by atoms with Crippen LogP contribution in [0.1, 0.15) is 12.0 Å². The van der Waals surface area contributed by atoms with Gasteiger partial charge in [0.25, 0.3) is 0 Å². The molecule has 0 spiro atoms. The number of nitrogens with zero attached hydrogens (tertiary/aromatic N) is 2. The third kappa shape index (κ3) is 1.74. The molecule has 0 atom stereocenters. The van der Waals surface area contributed by atoms with Gasteiger partial charge in [-0.05, 0) is 18.1 Å². The molecule has 0 radical (unpaired) electrons. The molecule has 0 bridgehead atoms. The van der Waals surface area contributed by atoms with E-state index in [4.69, 9.17) is 5.11 Å². The second kappa shape index (κ2) is 3.49. The first-order valence-electron chi connectivity index (χ1n) is 4.38. The van der Waals surface area contributed by atoms with E-state index in [0.717, 1.165) is 11.1 Å². The Morgan fingerprint density at radius 1 is 1.50 bits per heavy atom. The van der Waals surface area contributed by atoms with Crippen molar-refractivity contribution in [2.24, 2.45) is 0 Å². The largest absolute Gasteiger partial charge is 0.481 e. The summed E-state index contributed by atoms with van der Waals surface area (Å²) in [5.41, 5.74) is 2.03. The van der Waals surface area contributed by atoms with Crippen molar-refractivity contribution in [1.82, 2.24) is 9.38 Å². The van der Waals surface area contributed by atoms with Gasteiger partial charge in [0.05, 0.1) is 18.0 Å². The van der Waals surface area contributed by atoms with E-state index in [1.165, 1.54) is 0 Å². The Labute approximate surface area is 80.8 Å². The number of hydrogen-bond donors (Lipinski definition) is 1. The SMILES string of the molecule is O=C(O)CCc1ccc2cncn2c1. The monoisotopic (exact) mass is 190 g/mol. The lowest BCUT2D eigenvalue weighted by atomic mass is 10.1. The first kappa shape index (κ1) is 8.74. The van der Waals surface area contributed by atoms with Gasteiger partial charge in [0.2, 0.25) is 0 Å². The van der Waals surface area contributed by atoms with Gasteiger partial charge >= 0.3 is 5.97 Å². The van der Waals surface area contributed by atoms with Crippen molar-refractivity contribution in [3.8, 4) is 0 Å². The Morgan fingerprint density at radius 2 is 2.36 bits per heavy atom. The highest BCUT2D eigenvalue weighted by Crippen LogP contribution is 2.07. The van der Waals surface area contributed by atoms with E-state index in [9.17, 15) is 4.79 Å². The average Bonchev–Trinajstić information content (AvgIpc) is 2.61. The molecule has 14 heavy (non-hydrogen) atoms. The number of imidazole rings is 1. The fourth-order valence-electron chi connectivity index (χ4n) is 1.37. The van der Waals surface area contributed by atoms with Gasteiger partial charge in [-0.15, -0.1) is 0 Å². The Hall–Kier alpha value is -1.84. The molecule has 0 saturated carbocycles. The number of carbonyl (C=O) groups is 1. The summed E-state index contributed by atoms with van der Waals surface area (Å²) < 4.78 is 1.89. The second-order valence-electron chi connectivity index (χ2n) is 3.16. The zero-order chi connectivity index (χ0) is 9.97. The normalized spacial score (nSPS) is 10.6. The van der Waals surface area contributed by atoms with Crippen molar-refractivity contribution < 1.29 is 9.90 Å². The first-order valence-corrected chi connectivity index (χ1v) is 4.38. The number of carboxylic acid groups (broad SMARTS) is 1. The minimum absolute atomic E-state index is 0.167. The van der Waals surface area contributed by atoms with Crippen LogP contribution in [0.3, 0.4) is 0 Å². The van der Waals surface area contributed by atoms with Gasteiger partial charge < -0.3 is 9.51 Å². The number of aliphatic carboxylic acids is 1. The van der Waals surface area contributed by atoms with Crippen LogP contribution in [-0.2, 0) is 11.2 Å². The summed E-state index contributed by atoms with van der Waals surface area (Å²) >= 11 is 0. The predicted octanol–water partition coefficient (Wildman–Crippen LogP) is 1.35. The standard InChI is InChI=1S/C10H10N2O2/c13-10(14)4-2-8-1-3-9-5-11-7-12(9)6-8/h1,3,5-7H,2,4H2,(H,13,14). The number of aromatic nitrogens is 2. The number of rotatable bonds is 3. The van der Waals surface area contributed by atoms with Gasteiger partial charge in [-0.2, -0.15) is 0 Å². The fraction of sp³-hybridized carbons (Fsp3) is 0.200. The van der Waals surface area contributed by atoms with Crippen LogP contribution < -0.4 is 0 Å². The third-order valence-electron chi connectivity index (χ3n) is 2.10. The van der Waals surface area contributed by atoms with Crippen molar-refractivity contribution in [1.29, 1.82) is 0 Å². The maximum Gasteiger partial charge on any atom is 0.303 e.